The van der Waals surface area contributed by atoms with Gasteiger partial charge in [-0.1, -0.05) is 26.7 Å². The zero-order valence-electron chi connectivity index (χ0n) is 8.64. The highest BCUT2D eigenvalue weighted by atomic mass is 16.3. The molecule has 0 aromatic rings. The summed E-state index contributed by atoms with van der Waals surface area (Å²) >= 11 is 0. The van der Waals surface area contributed by atoms with Crippen LogP contribution in [0.15, 0.2) is 0 Å². The summed E-state index contributed by atoms with van der Waals surface area (Å²) in [7, 11) is 0. The number of unbranched alkanes of at least 4 members (excludes halogenated alkanes) is 1. The van der Waals surface area contributed by atoms with Crippen molar-refractivity contribution in [2.45, 2.75) is 52.1 Å². The Labute approximate surface area is 76.2 Å². The van der Waals surface area contributed by atoms with Crippen LogP contribution in [0.1, 0.15) is 46.5 Å². The average Bonchev–Trinajstić information content (AvgIpc) is 2.00. The fourth-order valence-corrected chi connectivity index (χ4v) is 1.36. The zero-order valence-corrected chi connectivity index (χ0v) is 8.64. The fourth-order valence-electron chi connectivity index (χ4n) is 1.36. The molecule has 0 aliphatic carbocycles. The van der Waals surface area contributed by atoms with Crippen LogP contribution in [0.2, 0.25) is 0 Å². The van der Waals surface area contributed by atoms with Crippen LogP contribution in [0.4, 0.5) is 0 Å². The first-order valence-electron chi connectivity index (χ1n) is 4.97. The third-order valence-electron chi connectivity index (χ3n) is 2.70. The molecule has 0 aliphatic rings. The highest BCUT2D eigenvalue weighted by Crippen LogP contribution is 2.24. The molecule has 0 saturated heterocycles. The minimum atomic E-state index is -0.566. The number of hydrogen-bond donors (Lipinski definition) is 2. The third-order valence-corrected chi connectivity index (χ3v) is 2.70. The summed E-state index contributed by atoms with van der Waals surface area (Å²) in [6.45, 7) is 6.74. The van der Waals surface area contributed by atoms with E-state index in [9.17, 15) is 5.11 Å². The van der Waals surface area contributed by atoms with Gasteiger partial charge in [0.2, 0.25) is 0 Å². The summed E-state index contributed by atoms with van der Waals surface area (Å²) in [5, 5.41) is 9.93. The van der Waals surface area contributed by atoms with Gasteiger partial charge in [0, 0.05) is 0 Å². The number of rotatable bonds is 6. The Bertz CT molecular complexity index is 112. The van der Waals surface area contributed by atoms with Gasteiger partial charge in [-0.15, -0.1) is 0 Å². The van der Waals surface area contributed by atoms with Crippen molar-refractivity contribution in [3.8, 4) is 0 Å². The van der Waals surface area contributed by atoms with Crippen LogP contribution in [-0.2, 0) is 0 Å². The third kappa shape index (κ3) is 4.07. The second-order valence-corrected chi connectivity index (χ2v) is 3.94. The lowest BCUT2D eigenvalue weighted by Crippen LogP contribution is -2.35. The van der Waals surface area contributed by atoms with Crippen molar-refractivity contribution in [1.82, 2.24) is 0 Å². The number of hydrogen-bond acceptors (Lipinski definition) is 2. The molecule has 0 heterocycles. The van der Waals surface area contributed by atoms with Crippen molar-refractivity contribution >= 4 is 0 Å². The van der Waals surface area contributed by atoms with Crippen LogP contribution in [0.3, 0.4) is 0 Å². The van der Waals surface area contributed by atoms with Crippen molar-refractivity contribution in [3.63, 3.8) is 0 Å². The first kappa shape index (κ1) is 11.9. The van der Waals surface area contributed by atoms with Crippen LogP contribution in [-0.4, -0.2) is 17.3 Å². The van der Waals surface area contributed by atoms with Crippen LogP contribution in [0, 0.1) is 5.92 Å². The zero-order chi connectivity index (χ0) is 9.61. The predicted octanol–water partition coefficient (Wildman–Crippen LogP) is 1.91. The second kappa shape index (κ2) is 5.55. The SMILES string of the molecule is CCCCC(C)C(C)(O)CCN. The van der Waals surface area contributed by atoms with Crippen LogP contribution in [0.25, 0.3) is 0 Å². The Hall–Kier alpha value is -0.0800. The van der Waals surface area contributed by atoms with E-state index in [0.717, 1.165) is 6.42 Å². The minimum Gasteiger partial charge on any atom is -0.390 e. The van der Waals surface area contributed by atoms with Crippen molar-refractivity contribution in [1.29, 1.82) is 0 Å². The molecule has 0 saturated carbocycles. The summed E-state index contributed by atoms with van der Waals surface area (Å²) in [5.74, 6) is 0.362. The molecule has 2 atom stereocenters. The predicted molar refractivity (Wildman–Crippen MR) is 53.0 cm³/mol. The second-order valence-electron chi connectivity index (χ2n) is 3.94. The molecule has 0 radical (unpaired) electrons. The molecule has 0 aliphatic heterocycles. The first-order chi connectivity index (χ1) is 5.54. The molecular formula is C10H23NO. The topological polar surface area (TPSA) is 46.2 Å². The molecule has 2 heteroatoms. The van der Waals surface area contributed by atoms with Gasteiger partial charge in [0.1, 0.15) is 0 Å². The van der Waals surface area contributed by atoms with E-state index >= 15 is 0 Å². The van der Waals surface area contributed by atoms with E-state index in [1.807, 2.05) is 6.92 Å². The summed E-state index contributed by atoms with van der Waals surface area (Å²) in [6.07, 6.45) is 4.20. The molecular weight excluding hydrogens is 150 g/mol. The molecule has 0 spiro atoms. The molecule has 2 nitrogen and oxygen atoms in total. The van der Waals surface area contributed by atoms with Gasteiger partial charge in [0.15, 0.2) is 0 Å². The molecule has 0 rings (SSSR count). The van der Waals surface area contributed by atoms with Crippen LogP contribution < -0.4 is 5.73 Å². The van der Waals surface area contributed by atoms with Crippen LogP contribution >= 0.6 is 0 Å². The van der Waals surface area contributed by atoms with Crippen molar-refractivity contribution in [2.24, 2.45) is 11.7 Å². The molecule has 0 amide bonds. The van der Waals surface area contributed by atoms with E-state index in [1.54, 1.807) is 0 Å². The monoisotopic (exact) mass is 173 g/mol. The molecule has 2 unspecified atom stereocenters. The summed E-state index contributed by atoms with van der Waals surface area (Å²) in [4.78, 5) is 0. The first-order valence-corrected chi connectivity index (χ1v) is 4.97. The normalized spacial score (nSPS) is 18.8. The maximum Gasteiger partial charge on any atom is 0.0657 e. The molecule has 0 aromatic carbocycles. The molecule has 0 fully saturated rings. The minimum absolute atomic E-state index is 0.362. The molecule has 12 heavy (non-hydrogen) atoms. The Morgan fingerprint density at radius 1 is 1.50 bits per heavy atom. The molecule has 3 N–H and O–H groups in total. The summed E-state index contributed by atoms with van der Waals surface area (Å²) in [6, 6.07) is 0. The van der Waals surface area contributed by atoms with Crippen molar-refractivity contribution in [3.05, 3.63) is 0 Å². The maximum atomic E-state index is 9.93. The summed E-state index contributed by atoms with van der Waals surface area (Å²) < 4.78 is 0. The van der Waals surface area contributed by atoms with E-state index < -0.39 is 5.60 Å². The number of aliphatic hydroxyl groups is 1. The van der Waals surface area contributed by atoms with Gasteiger partial charge >= 0.3 is 0 Å². The molecule has 0 bridgehead atoms. The Morgan fingerprint density at radius 2 is 2.08 bits per heavy atom. The van der Waals surface area contributed by atoms with E-state index in [0.29, 0.717) is 18.9 Å². The molecule has 74 valence electrons. The smallest absolute Gasteiger partial charge is 0.0657 e. The largest absolute Gasteiger partial charge is 0.390 e. The van der Waals surface area contributed by atoms with Gasteiger partial charge in [-0.05, 0) is 32.2 Å². The average molecular weight is 173 g/mol. The Morgan fingerprint density at radius 3 is 2.50 bits per heavy atom. The van der Waals surface area contributed by atoms with Gasteiger partial charge < -0.3 is 10.8 Å². The van der Waals surface area contributed by atoms with E-state index in [4.69, 9.17) is 5.73 Å². The highest BCUT2D eigenvalue weighted by Gasteiger charge is 2.26. The van der Waals surface area contributed by atoms with Gasteiger partial charge in [-0.2, -0.15) is 0 Å². The lowest BCUT2D eigenvalue weighted by molar-refractivity contribution is -0.00342. The van der Waals surface area contributed by atoms with E-state index in [2.05, 4.69) is 13.8 Å². The van der Waals surface area contributed by atoms with Gasteiger partial charge in [-0.25, -0.2) is 0 Å². The lowest BCUT2D eigenvalue weighted by Gasteiger charge is -2.29. The van der Waals surface area contributed by atoms with Crippen LogP contribution in [0.5, 0.6) is 0 Å². The van der Waals surface area contributed by atoms with Gasteiger partial charge in [0.25, 0.3) is 0 Å². The maximum absolute atomic E-state index is 9.93. The quantitative estimate of drug-likeness (QED) is 0.644. The van der Waals surface area contributed by atoms with E-state index in [1.165, 1.54) is 12.8 Å². The number of nitrogens with two attached hydrogens (primary N) is 1. The van der Waals surface area contributed by atoms with Crippen molar-refractivity contribution in [2.75, 3.05) is 6.54 Å². The van der Waals surface area contributed by atoms with Gasteiger partial charge in [-0.3, -0.25) is 0 Å². The lowest BCUT2D eigenvalue weighted by atomic mass is 9.84. The van der Waals surface area contributed by atoms with E-state index in [-0.39, 0.29) is 0 Å². The molecule has 0 aromatic heterocycles. The Balaban J connectivity index is 3.79. The fraction of sp³-hybridized carbons (Fsp3) is 1.00. The Kier molecular flexibility index (Phi) is 5.51. The van der Waals surface area contributed by atoms with Gasteiger partial charge in [0.05, 0.1) is 5.60 Å². The standard InChI is InChI=1S/C10H23NO/c1-4-5-6-9(2)10(3,12)7-8-11/h9,12H,4-8,11H2,1-3H3. The van der Waals surface area contributed by atoms with Crippen molar-refractivity contribution < 1.29 is 5.11 Å². The summed E-state index contributed by atoms with van der Waals surface area (Å²) in [5.41, 5.74) is 4.86. The highest BCUT2D eigenvalue weighted by molar-refractivity contribution is 4.79.